The summed E-state index contributed by atoms with van der Waals surface area (Å²) < 4.78 is -1.05. The molecule has 31 heavy (non-hydrogen) atoms. The third-order valence-electron chi connectivity index (χ3n) is 4.79. The molecule has 0 amide bonds. The lowest BCUT2D eigenvalue weighted by molar-refractivity contribution is -0.384. The molecule has 0 saturated carbocycles. The van der Waals surface area contributed by atoms with E-state index in [-0.39, 0.29) is 22.3 Å². The van der Waals surface area contributed by atoms with Crippen molar-refractivity contribution in [2.45, 2.75) is 25.1 Å². The smallest absolute Gasteiger partial charge is 0.271 e. The number of anilines is 2. The third-order valence-corrected chi connectivity index (χ3v) is 7.88. The first-order valence-electron chi connectivity index (χ1n) is 9.34. The molecule has 8 nitrogen and oxygen atoms in total. The number of para-hydroxylation sites is 1. The van der Waals surface area contributed by atoms with Crippen LogP contribution < -0.4 is 9.91 Å². The van der Waals surface area contributed by atoms with Gasteiger partial charge in [0.25, 0.3) is 5.69 Å². The summed E-state index contributed by atoms with van der Waals surface area (Å²) in [5, 5.41) is 17.8. The Balaban J connectivity index is 1.93. The van der Waals surface area contributed by atoms with Gasteiger partial charge in [0.05, 0.1) is 15.5 Å². The van der Waals surface area contributed by atoms with Gasteiger partial charge in [-0.1, -0.05) is 36.0 Å². The zero-order valence-electron chi connectivity index (χ0n) is 16.9. The van der Waals surface area contributed by atoms with E-state index in [0.717, 1.165) is 11.4 Å². The summed E-state index contributed by atoms with van der Waals surface area (Å²) in [6.45, 7) is 4.77. The SMILES string of the molecule is CC(=O)C1=NN(c2cccc([N+](=O)[O-])c2)[C@]2(S1)SC(C(C)=O)=C(C)N2c1ccccc1. The molecule has 0 aliphatic carbocycles. The maximum Gasteiger partial charge on any atom is 0.271 e. The summed E-state index contributed by atoms with van der Waals surface area (Å²) in [6.07, 6.45) is 0. The van der Waals surface area contributed by atoms with Crippen LogP contribution in [0.5, 0.6) is 0 Å². The minimum Gasteiger partial charge on any atom is -0.301 e. The Hall–Kier alpha value is -3.11. The van der Waals surface area contributed by atoms with Gasteiger partial charge in [0.15, 0.2) is 16.6 Å². The highest BCUT2D eigenvalue weighted by Crippen LogP contribution is 2.60. The number of carbonyl (C=O) groups excluding carboxylic acids is 2. The molecule has 0 saturated heterocycles. The second kappa shape index (κ2) is 7.86. The number of hydrazone groups is 1. The van der Waals surface area contributed by atoms with Crippen molar-refractivity contribution in [2.75, 3.05) is 9.91 Å². The first-order chi connectivity index (χ1) is 14.7. The minimum atomic E-state index is -1.05. The molecule has 4 rings (SSSR count). The van der Waals surface area contributed by atoms with Gasteiger partial charge < -0.3 is 4.90 Å². The zero-order chi connectivity index (χ0) is 22.3. The Morgan fingerprint density at radius 3 is 2.29 bits per heavy atom. The number of allylic oxidation sites excluding steroid dienone is 2. The van der Waals surface area contributed by atoms with Crippen LogP contribution in [0.3, 0.4) is 0 Å². The third kappa shape index (κ3) is 3.51. The Kier molecular flexibility index (Phi) is 5.36. The largest absolute Gasteiger partial charge is 0.301 e. The van der Waals surface area contributed by atoms with Gasteiger partial charge in [-0.15, -0.1) is 0 Å². The van der Waals surface area contributed by atoms with Crippen molar-refractivity contribution in [1.82, 2.24) is 0 Å². The summed E-state index contributed by atoms with van der Waals surface area (Å²) in [7, 11) is 0. The van der Waals surface area contributed by atoms with Gasteiger partial charge in [-0.2, -0.15) is 5.10 Å². The molecule has 0 bridgehead atoms. The molecule has 2 aromatic rings. The Labute approximate surface area is 187 Å². The summed E-state index contributed by atoms with van der Waals surface area (Å²) in [5.74, 6) is -0.323. The van der Waals surface area contributed by atoms with Crippen LogP contribution in [0.25, 0.3) is 0 Å². The van der Waals surface area contributed by atoms with E-state index in [1.54, 1.807) is 17.1 Å². The molecule has 2 aliphatic rings. The maximum atomic E-state index is 12.4. The number of carbonyl (C=O) groups is 2. The first kappa shape index (κ1) is 21.1. The van der Waals surface area contributed by atoms with Crippen LogP contribution >= 0.6 is 23.5 Å². The number of benzene rings is 2. The zero-order valence-corrected chi connectivity index (χ0v) is 18.6. The highest BCUT2D eigenvalue weighted by molar-refractivity contribution is 8.29. The molecule has 0 aromatic heterocycles. The molecule has 2 heterocycles. The van der Waals surface area contributed by atoms with Gasteiger partial charge in [0.1, 0.15) is 0 Å². The number of hydrogen-bond acceptors (Lipinski definition) is 9. The van der Waals surface area contributed by atoms with Crippen molar-refractivity contribution in [3.05, 3.63) is 75.3 Å². The molecule has 1 atom stereocenters. The number of Topliss-reactive ketones (excluding diaryl/α,β-unsaturated/α-hetero) is 2. The van der Waals surface area contributed by atoms with E-state index in [0.29, 0.717) is 10.6 Å². The molecule has 158 valence electrons. The van der Waals surface area contributed by atoms with E-state index in [2.05, 4.69) is 5.10 Å². The van der Waals surface area contributed by atoms with Crippen molar-refractivity contribution >= 4 is 57.2 Å². The predicted octanol–water partition coefficient (Wildman–Crippen LogP) is 4.74. The lowest BCUT2D eigenvalue weighted by Crippen LogP contribution is -2.49. The lowest BCUT2D eigenvalue weighted by atomic mass is 10.2. The first-order valence-corrected chi connectivity index (χ1v) is 11.0. The topological polar surface area (TPSA) is 96.1 Å². The molecule has 0 fully saturated rings. The van der Waals surface area contributed by atoms with Crippen molar-refractivity contribution in [3.63, 3.8) is 0 Å². The van der Waals surface area contributed by atoms with Gasteiger partial charge in [-0.3, -0.25) is 19.7 Å². The van der Waals surface area contributed by atoms with E-state index >= 15 is 0 Å². The normalized spacial score (nSPS) is 20.4. The quantitative estimate of drug-likeness (QED) is 0.472. The molecular weight excluding hydrogens is 436 g/mol. The molecule has 0 N–H and O–H groups in total. The second-order valence-corrected chi connectivity index (χ2v) is 9.54. The molecule has 2 aliphatic heterocycles. The Morgan fingerprint density at radius 2 is 1.68 bits per heavy atom. The van der Waals surface area contributed by atoms with Crippen molar-refractivity contribution in [2.24, 2.45) is 5.10 Å². The molecule has 0 unspecified atom stereocenters. The fourth-order valence-electron chi connectivity index (χ4n) is 3.48. The fraction of sp³-hybridized carbons (Fsp3) is 0.190. The number of ketones is 2. The molecule has 10 heteroatoms. The number of thioether (sulfide) groups is 2. The standard InChI is InChI=1S/C21H18N4O4S2/c1-13-19(14(2)26)30-21(23(13)16-8-5-4-6-9-16)24(22-20(31-21)15(3)27)17-10-7-11-18(12-17)25(28)29/h4-12H,1-3H3/t21-/m0/s1. The van der Waals surface area contributed by atoms with Crippen molar-refractivity contribution in [3.8, 4) is 0 Å². The Bertz CT molecular complexity index is 1160. The monoisotopic (exact) mass is 454 g/mol. The number of nitrogens with zero attached hydrogens (tertiary/aromatic N) is 4. The van der Waals surface area contributed by atoms with E-state index in [4.69, 9.17) is 0 Å². The summed E-state index contributed by atoms with van der Waals surface area (Å²) in [4.78, 5) is 38.1. The van der Waals surface area contributed by atoms with Gasteiger partial charge in [-0.05, 0) is 43.8 Å². The molecular formula is C21H18N4O4S2. The van der Waals surface area contributed by atoms with Gasteiger partial charge in [-0.25, -0.2) is 5.01 Å². The van der Waals surface area contributed by atoms with Gasteiger partial charge in [0, 0.05) is 30.4 Å². The molecule has 0 radical (unpaired) electrons. The number of rotatable bonds is 5. The summed E-state index contributed by atoms with van der Waals surface area (Å²) >= 11 is 2.51. The maximum absolute atomic E-state index is 12.4. The van der Waals surface area contributed by atoms with Crippen LogP contribution in [-0.2, 0) is 9.59 Å². The average molecular weight is 455 g/mol. The number of nitro benzene ring substituents is 1. The van der Waals surface area contributed by atoms with E-state index in [1.165, 1.54) is 49.5 Å². The average Bonchev–Trinajstić information content (AvgIpc) is 3.27. The summed E-state index contributed by atoms with van der Waals surface area (Å²) in [5.41, 5.74) is 1.90. The van der Waals surface area contributed by atoms with Gasteiger partial charge >= 0.3 is 0 Å². The van der Waals surface area contributed by atoms with Crippen LogP contribution in [0, 0.1) is 10.1 Å². The van der Waals surface area contributed by atoms with Crippen molar-refractivity contribution < 1.29 is 14.5 Å². The highest BCUT2D eigenvalue weighted by atomic mass is 32.2. The van der Waals surface area contributed by atoms with E-state index in [9.17, 15) is 19.7 Å². The minimum absolute atomic E-state index is 0.0881. The molecule has 2 aromatic carbocycles. The number of nitro groups is 1. The Morgan fingerprint density at radius 1 is 1.00 bits per heavy atom. The lowest BCUT2D eigenvalue weighted by Gasteiger charge is -2.41. The van der Waals surface area contributed by atoms with Crippen LogP contribution in [0.2, 0.25) is 0 Å². The predicted molar refractivity (Wildman–Crippen MR) is 124 cm³/mol. The molecule has 1 spiro atoms. The van der Waals surface area contributed by atoms with E-state index < -0.39 is 9.25 Å². The summed E-state index contributed by atoms with van der Waals surface area (Å²) in [6, 6.07) is 15.6. The second-order valence-electron chi connectivity index (χ2n) is 6.94. The van der Waals surface area contributed by atoms with Crippen LogP contribution in [0.15, 0.2) is 70.3 Å². The number of non-ortho nitro benzene ring substituents is 1. The van der Waals surface area contributed by atoms with Crippen LogP contribution in [0.1, 0.15) is 20.8 Å². The highest BCUT2D eigenvalue weighted by Gasteiger charge is 2.57. The van der Waals surface area contributed by atoms with Crippen LogP contribution in [-0.4, -0.2) is 25.9 Å². The van der Waals surface area contributed by atoms with Crippen LogP contribution in [0.4, 0.5) is 17.1 Å². The van der Waals surface area contributed by atoms with Crippen molar-refractivity contribution in [1.29, 1.82) is 0 Å². The number of hydrogen-bond donors (Lipinski definition) is 0. The van der Waals surface area contributed by atoms with E-state index in [1.807, 2.05) is 42.2 Å². The fourth-order valence-corrected chi connectivity index (χ4v) is 6.43. The van der Waals surface area contributed by atoms with Gasteiger partial charge in [0.2, 0.25) is 4.33 Å².